The maximum absolute atomic E-state index is 12.3. The number of nitrogens with one attached hydrogen (secondary N) is 1. The van der Waals surface area contributed by atoms with E-state index in [4.69, 9.17) is 23.2 Å². The first-order valence-electron chi connectivity index (χ1n) is 9.93. The van der Waals surface area contributed by atoms with E-state index in [-0.39, 0.29) is 24.0 Å². The number of thioether (sulfide) groups is 1. The van der Waals surface area contributed by atoms with E-state index in [1.54, 1.807) is 18.2 Å². The van der Waals surface area contributed by atoms with Crippen LogP contribution >= 0.6 is 35.0 Å². The van der Waals surface area contributed by atoms with Gasteiger partial charge in [-0.25, -0.2) is 12.7 Å². The van der Waals surface area contributed by atoms with Gasteiger partial charge in [0.1, 0.15) is 0 Å². The van der Waals surface area contributed by atoms with Crippen molar-refractivity contribution in [1.82, 2.24) is 24.4 Å². The molecule has 1 amide bonds. The van der Waals surface area contributed by atoms with E-state index < -0.39 is 10.0 Å². The van der Waals surface area contributed by atoms with E-state index in [2.05, 4.69) is 29.4 Å². The van der Waals surface area contributed by atoms with Crippen LogP contribution in [0.5, 0.6) is 0 Å². The van der Waals surface area contributed by atoms with Crippen molar-refractivity contribution < 1.29 is 13.2 Å². The van der Waals surface area contributed by atoms with Crippen molar-refractivity contribution >= 4 is 50.9 Å². The van der Waals surface area contributed by atoms with Crippen LogP contribution in [-0.4, -0.2) is 64.5 Å². The van der Waals surface area contributed by atoms with Crippen LogP contribution in [0, 0.1) is 5.92 Å². The molecule has 1 N–H and O–H groups in total. The van der Waals surface area contributed by atoms with Gasteiger partial charge in [-0.15, -0.1) is 10.2 Å². The summed E-state index contributed by atoms with van der Waals surface area (Å²) in [5.41, 5.74) is 0.724. The van der Waals surface area contributed by atoms with Gasteiger partial charge in [0, 0.05) is 36.8 Å². The SMILES string of the molecule is CC(C)Cn1c(SCC(=O)NCCN2CCCS2(=O)=O)nnc1-c1ccc(Cl)cc1Cl. The van der Waals surface area contributed by atoms with Crippen LogP contribution in [0.1, 0.15) is 20.3 Å². The van der Waals surface area contributed by atoms with Gasteiger partial charge < -0.3 is 9.88 Å². The van der Waals surface area contributed by atoms with E-state index in [0.717, 1.165) is 5.56 Å². The quantitative estimate of drug-likeness (QED) is 0.525. The molecule has 12 heteroatoms. The predicted molar refractivity (Wildman–Crippen MR) is 124 cm³/mol. The minimum absolute atomic E-state index is 0.150. The standard InChI is InChI=1S/C19H25Cl2N5O3S2/c1-13(2)11-26-18(15-5-4-14(20)10-16(15)21)23-24-19(26)30-12-17(27)22-6-8-25-7-3-9-31(25,28)29/h4-5,10,13H,3,6-9,11-12H2,1-2H3,(H,22,27). The van der Waals surface area contributed by atoms with Gasteiger partial charge in [0.25, 0.3) is 0 Å². The fourth-order valence-corrected chi connectivity index (χ4v) is 6.04. The lowest BCUT2D eigenvalue weighted by atomic mass is 10.2. The van der Waals surface area contributed by atoms with Crippen molar-refractivity contribution in [2.24, 2.45) is 5.92 Å². The summed E-state index contributed by atoms with van der Waals surface area (Å²) in [6.45, 7) is 5.92. The number of aromatic nitrogens is 3. The Labute approximate surface area is 196 Å². The fourth-order valence-electron chi connectivity index (χ4n) is 3.24. The van der Waals surface area contributed by atoms with Gasteiger partial charge in [0.2, 0.25) is 15.9 Å². The molecule has 2 aromatic rings. The average Bonchev–Trinajstić information content (AvgIpc) is 3.22. The predicted octanol–water partition coefficient (Wildman–Crippen LogP) is 3.15. The summed E-state index contributed by atoms with van der Waals surface area (Å²) in [6, 6.07) is 5.21. The minimum atomic E-state index is -3.15. The minimum Gasteiger partial charge on any atom is -0.354 e. The second kappa shape index (κ2) is 10.5. The first-order valence-corrected chi connectivity index (χ1v) is 13.3. The van der Waals surface area contributed by atoms with E-state index >= 15 is 0 Å². The van der Waals surface area contributed by atoms with E-state index in [0.29, 0.717) is 53.0 Å². The summed E-state index contributed by atoms with van der Waals surface area (Å²) in [6.07, 6.45) is 0.637. The Kier molecular flexibility index (Phi) is 8.25. The molecule has 0 radical (unpaired) electrons. The number of hydrogen-bond donors (Lipinski definition) is 1. The molecular weight excluding hydrogens is 481 g/mol. The highest BCUT2D eigenvalue weighted by Gasteiger charge is 2.27. The molecule has 0 saturated carbocycles. The lowest BCUT2D eigenvalue weighted by Crippen LogP contribution is -2.36. The largest absolute Gasteiger partial charge is 0.354 e. The molecule has 170 valence electrons. The smallest absolute Gasteiger partial charge is 0.230 e. The summed E-state index contributed by atoms with van der Waals surface area (Å²) >= 11 is 13.6. The second-order valence-electron chi connectivity index (χ2n) is 7.64. The van der Waals surface area contributed by atoms with Gasteiger partial charge >= 0.3 is 0 Å². The van der Waals surface area contributed by atoms with Gasteiger partial charge in [-0.3, -0.25) is 4.79 Å². The molecule has 0 aliphatic carbocycles. The van der Waals surface area contributed by atoms with Crippen LogP contribution < -0.4 is 5.32 Å². The van der Waals surface area contributed by atoms with Crippen LogP contribution in [0.3, 0.4) is 0 Å². The van der Waals surface area contributed by atoms with Crippen LogP contribution in [0.4, 0.5) is 0 Å². The molecule has 1 fully saturated rings. The first kappa shape index (κ1) is 24.3. The molecule has 0 bridgehead atoms. The van der Waals surface area contributed by atoms with Crippen molar-refractivity contribution in [1.29, 1.82) is 0 Å². The molecule has 0 unspecified atom stereocenters. The normalized spacial score (nSPS) is 16.2. The number of hydrogen-bond acceptors (Lipinski definition) is 6. The fraction of sp³-hybridized carbons (Fsp3) is 0.526. The molecule has 1 aliphatic heterocycles. The van der Waals surface area contributed by atoms with Crippen LogP contribution in [0.2, 0.25) is 10.0 Å². The van der Waals surface area contributed by atoms with Crippen molar-refractivity contribution in [2.45, 2.75) is 32.0 Å². The molecular formula is C19H25Cl2N5O3S2. The third-order valence-electron chi connectivity index (χ3n) is 4.66. The highest BCUT2D eigenvalue weighted by molar-refractivity contribution is 7.99. The Hall–Kier alpha value is -1.33. The number of amides is 1. The zero-order chi connectivity index (χ0) is 22.6. The number of carbonyl (C=O) groups is 1. The third-order valence-corrected chi connectivity index (χ3v) is 8.13. The Morgan fingerprint density at radius 2 is 2.06 bits per heavy atom. The van der Waals surface area contributed by atoms with E-state index in [1.165, 1.54) is 16.1 Å². The number of benzene rings is 1. The van der Waals surface area contributed by atoms with Gasteiger partial charge in [0.05, 0.1) is 16.5 Å². The summed E-state index contributed by atoms with van der Waals surface area (Å²) in [4.78, 5) is 12.3. The van der Waals surface area contributed by atoms with Gasteiger partial charge in [-0.2, -0.15) is 0 Å². The lowest BCUT2D eigenvalue weighted by molar-refractivity contribution is -0.118. The van der Waals surface area contributed by atoms with Gasteiger partial charge in [-0.05, 0) is 30.5 Å². The Balaban J connectivity index is 1.63. The summed E-state index contributed by atoms with van der Waals surface area (Å²) in [5.74, 6) is 1.10. The van der Waals surface area contributed by atoms with Crippen LogP contribution in [0.25, 0.3) is 11.4 Å². The highest BCUT2D eigenvalue weighted by Crippen LogP contribution is 2.32. The lowest BCUT2D eigenvalue weighted by Gasteiger charge is -2.15. The molecule has 3 rings (SSSR count). The van der Waals surface area contributed by atoms with Crippen LogP contribution in [0.15, 0.2) is 23.4 Å². The van der Waals surface area contributed by atoms with Crippen molar-refractivity contribution in [3.05, 3.63) is 28.2 Å². The van der Waals surface area contributed by atoms with E-state index in [1.807, 2.05) is 4.57 Å². The summed E-state index contributed by atoms with van der Waals surface area (Å²) in [5, 5.41) is 13.0. The zero-order valence-electron chi connectivity index (χ0n) is 17.3. The maximum Gasteiger partial charge on any atom is 0.230 e. The molecule has 1 aromatic carbocycles. The Morgan fingerprint density at radius 3 is 2.71 bits per heavy atom. The number of halogens is 2. The highest BCUT2D eigenvalue weighted by atomic mass is 35.5. The molecule has 31 heavy (non-hydrogen) atoms. The molecule has 0 spiro atoms. The summed E-state index contributed by atoms with van der Waals surface area (Å²) in [7, 11) is -3.15. The van der Waals surface area contributed by atoms with Gasteiger partial charge in [-0.1, -0.05) is 48.8 Å². The zero-order valence-corrected chi connectivity index (χ0v) is 20.5. The number of rotatable bonds is 9. The number of sulfonamides is 1. The first-order chi connectivity index (χ1) is 14.7. The average molecular weight is 506 g/mol. The monoisotopic (exact) mass is 505 g/mol. The number of carbonyl (C=O) groups excluding carboxylic acids is 1. The van der Waals surface area contributed by atoms with Crippen molar-refractivity contribution in [3.63, 3.8) is 0 Å². The Morgan fingerprint density at radius 1 is 1.29 bits per heavy atom. The molecule has 1 aliphatic rings. The second-order valence-corrected chi connectivity index (χ2v) is 11.5. The molecule has 8 nitrogen and oxygen atoms in total. The molecule has 1 saturated heterocycles. The van der Waals surface area contributed by atoms with E-state index in [9.17, 15) is 13.2 Å². The topological polar surface area (TPSA) is 97.2 Å². The molecule has 1 aromatic heterocycles. The Bertz CT molecular complexity index is 1040. The van der Waals surface area contributed by atoms with Gasteiger partial charge in [0.15, 0.2) is 11.0 Å². The van der Waals surface area contributed by atoms with Crippen LogP contribution in [-0.2, 0) is 21.4 Å². The molecule has 2 heterocycles. The van der Waals surface area contributed by atoms with Crippen molar-refractivity contribution in [3.8, 4) is 11.4 Å². The number of nitrogens with zero attached hydrogens (tertiary/aromatic N) is 4. The summed E-state index contributed by atoms with van der Waals surface area (Å²) < 4.78 is 27.0. The van der Waals surface area contributed by atoms with Crippen molar-refractivity contribution in [2.75, 3.05) is 31.1 Å². The third kappa shape index (κ3) is 6.35. The molecule has 0 atom stereocenters. The maximum atomic E-state index is 12.3.